The van der Waals surface area contributed by atoms with Crippen molar-refractivity contribution in [2.75, 3.05) is 5.32 Å². The number of nitrogens with zero attached hydrogens (tertiary/aromatic N) is 1. The molecule has 5 nitrogen and oxygen atoms in total. The van der Waals surface area contributed by atoms with Crippen molar-refractivity contribution in [2.45, 2.75) is 20.4 Å². The van der Waals surface area contributed by atoms with Crippen LogP contribution in [0.3, 0.4) is 0 Å². The number of carbonyl (C=O) groups excluding carboxylic acids is 2. The number of carbonyl (C=O) groups is 2. The van der Waals surface area contributed by atoms with Crippen molar-refractivity contribution in [2.24, 2.45) is 0 Å². The average Bonchev–Trinajstić information content (AvgIpc) is 2.54. The molecule has 2 aromatic rings. The van der Waals surface area contributed by atoms with Crippen LogP contribution in [-0.4, -0.2) is 16.8 Å². The molecule has 0 unspecified atom stereocenters. The Morgan fingerprint density at radius 2 is 1.91 bits per heavy atom. The van der Waals surface area contributed by atoms with Crippen LogP contribution >= 0.6 is 0 Å². The van der Waals surface area contributed by atoms with Crippen molar-refractivity contribution in [1.29, 1.82) is 0 Å². The number of anilines is 1. The summed E-state index contributed by atoms with van der Waals surface area (Å²) in [5, 5.41) is 5.65. The molecule has 0 bridgehead atoms. The third-order valence-electron chi connectivity index (χ3n) is 3.06. The van der Waals surface area contributed by atoms with E-state index in [9.17, 15) is 9.59 Å². The predicted molar refractivity (Wildman–Crippen MR) is 89.9 cm³/mol. The van der Waals surface area contributed by atoms with Gasteiger partial charge in [0.2, 0.25) is 5.91 Å². The van der Waals surface area contributed by atoms with E-state index in [0.29, 0.717) is 17.8 Å². The van der Waals surface area contributed by atoms with Gasteiger partial charge in [-0.05, 0) is 37.6 Å². The van der Waals surface area contributed by atoms with Gasteiger partial charge in [0.25, 0.3) is 5.91 Å². The number of benzene rings is 1. The normalized spacial score (nSPS) is 9.83. The van der Waals surface area contributed by atoms with Gasteiger partial charge in [0.05, 0.1) is 5.56 Å². The lowest BCUT2D eigenvalue weighted by atomic mass is 10.1. The van der Waals surface area contributed by atoms with Gasteiger partial charge in [-0.25, -0.2) is 0 Å². The number of aromatic nitrogens is 1. The molecule has 0 aliphatic heterocycles. The zero-order valence-electron chi connectivity index (χ0n) is 13.2. The molecule has 0 radical (unpaired) electrons. The molecule has 2 N–H and O–H groups in total. The Bertz CT molecular complexity index is 720. The summed E-state index contributed by atoms with van der Waals surface area (Å²) >= 11 is 0. The maximum Gasteiger partial charge on any atom is 0.257 e. The first-order valence-electron chi connectivity index (χ1n) is 7.28. The van der Waals surface area contributed by atoms with E-state index in [1.807, 2.05) is 32.0 Å². The van der Waals surface area contributed by atoms with E-state index in [2.05, 4.69) is 15.6 Å². The number of amides is 2. The van der Waals surface area contributed by atoms with Crippen molar-refractivity contribution in [3.8, 4) is 0 Å². The van der Waals surface area contributed by atoms with Crippen LogP contribution in [0, 0.1) is 0 Å². The lowest BCUT2D eigenvalue weighted by Gasteiger charge is -2.11. The molecule has 0 fully saturated rings. The Hall–Kier alpha value is -2.95. The molecule has 0 atom stereocenters. The van der Waals surface area contributed by atoms with Crippen molar-refractivity contribution < 1.29 is 9.59 Å². The van der Waals surface area contributed by atoms with Gasteiger partial charge in [-0.3, -0.25) is 14.6 Å². The highest BCUT2D eigenvalue weighted by atomic mass is 16.2. The van der Waals surface area contributed by atoms with Crippen LogP contribution in [0.1, 0.15) is 29.8 Å². The van der Waals surface area contributed by atoms with Gasteiger partial charge in [-0.15, -0.1) is 0 Å². The standard InChI is InChI=1S/C18H19N3O2/c1-13(2)10-17(22)20-12-14-6-3-4-8-16(14)21-18(23)15-7-5-9-19-11-15/h3-11H,12H2,1-2H3,(H,20,22)(H,21,23). The van der Waals surface area contributed by atoms with Gasteiger partial charge in [-0.1, -0.05) is 23.8 Å². The van der Waals surface area contributed by atoms with Gasteiger partial charge in [0.1, 0.15) is 0 Å². The first kappa shape index (κ1) is 16.4. The van der Waals surface area contributed by atoms with Crippen molar-refractivity contribution >= 4 is 17.5 Å². The second-order valence-electron chi connectivity index (χ2n) is 5.29. The summed E-state index contributed by atoms with van der Waals surface area (Å²) in [6.07, 6.45) is 4.66. The Labute approximate surface area is 135 Å². The van der Waals surface area contributed by atoms with E-state index in [4.69, 9.17) is 0 Å². The van der Waals surface area contributed by atoms with Crippen LogP contribution in [0.5, 0.6) is 0 Å². The molecule has 2 rings (SSSR count). The highest BCUT2D eigenvalue weighted by Crippen LogP contribution is 2.16. The molecular weight excluding hydrogens is 290 g/mol. The molecular formula is C18H19N3O2. The highest BCUT2D eigenvalue weighted by Gasteiger charge is 2.09. The van der Waals surface area contributed by atoms with E-state index in [1.54, 1.807) is 24.4 Å². The molecule has 0 saturated carbocycles. The summed E-state index contributed by atoms with van der Waals surface area (Å²) in [6.45, 7) is 4.06. The van der Waals surface area contributed by atoms with Crippen LogP contribution in [0.25, 0.3) is 0 Å². The summed E-state index contributed by atoms with van der Waals surface area (Å²) in [4.78, 5) is 27.8. The van der Waals surface area contributed by atoms with Crippen molar-refractivity contribution in [3.63, 3.8) is 0 Å². The van der Waals surface area contributed by atoms with Crippen LogP contribution in [-0.2, 0) is 11.3 Å². The van der Waals surface area contributed by atoms with E-state index in [0.717, 1.165) is 11.1 Å². The predicted octanol–water partition coefficient (Wildman–Crippen LogP) is 2.92. The Balaban J connectivity index is 2.07. The fourth-order valence-corrected chi connectivity index (χ4v) is 1.98. The number of rotatable bonds is 5. The van der Waals surface area contributed by atoms with Crippen molar-refractivity contribution in [1.82, 2.24) is 10.3 Å². The van der Waals surface area contributed by atoms with Crippen LogP contribution < -0.4 is 10.6 Å². The Morgan fingerprint density at radius 1 is 1.13 bits per heavy atom. The number of nitrogens with one attached hydrogen (secondary N) is 2. The minimum Gasteiger partial charge on any atom is -0.348 e. The Kier molecular flexibility index (Phi) is 5.63. The number of pyridine rings is 1. The van der Waals surface area contributed by atoms with E-state index >= 15 is 0 Å². The Morgan fingerprint density at radius 3 is 2.61 bits per heavy atom. The fraction of sp³-hybridized carbons (Fsp3) is 0.167. The maximum absolute atomic E-state index is 12.2. The smallest absolute Gasteiger partial charge is 0.257 e. The molecule has 0 aliphatic rings. The number of para-hydroxylation sites is 1. The number of hydrogen-bond acceptors (Lipinski definition) is 3. The number of allylic oxidation sites excluding steroid dienone is 1. The zero-order valence-corrected chi connectivity index (χ0v) is 13.2. The molecule has 0 spiro atoms. The largest absolute Gasteiger partial charge is 0.348 e. The molecule has 0 saturated heterocycles. The third-order valence-corrected chi connectivity index (χ3v) is 3.06. The first-order chi connectivity index (χ1) is 11.1. The first-order valence-corrected chi connectivity index (χ1v) is 7.28. The molecule has 1 aromatic heterocycles. The topological polar surface area (TPSA) is 71.1 Å². The molecule has 1 heterocycles. The maximum atomic E-state index is 12.2. The quantitative estimate of drug-likeness (QED) is 0.834. The van der Waals surface area contributed by atoms with E-state index < -0.39 is 0 Å². The lowest BCUT2D eigenvalue weighted by molar-refractivity contribution is -0.116. The van der Waals surface area contributed by atoms with Gasteiger partial charge in [0, 0.05) is 30.7 Å². The molecule has 1 aromatic carbocycles. The second kappa shape index (κ2) is 7.89. The summed E-state index contributed by atoms with van der Waals surface area (Å²) in [7, 11) is 0. The minimum absolute atomic E-state index is 0.154. The SMILES string of the molecule is CC(C)=CC(=O)NCc1ccccc1NC(=O)c1cccnc1. The fourth-order valence-electron chi connectivity index (χ4n) is 1.98. The molecule has 23 heavy (non-hydrogen) atoms. The summed E-state index contributed by atoms with van der Waals surface area (Å²) in [6, 6.07) is 10.8. The van der Waals surface area contributed by atoms with Gasteiger partial charge in [-0.2, -0.15) is 0 Å². The molecule has 2 amide bonds. The summed E-state index contributed by atoms with van der Waals surface area (Å²) in [5.41, 5.74) is 2.91. The summed E-state index contributed by atoms with van der Waals surface area (Å²) < 4.78 is 0. The van der Waals surface area contributed by atoms with E-state index in [-0.39, 0.29) is 11.8 Å². The van der Waals surface area contributed by atoms with Gasteiger partial charge in [0.15, 0.2) is 0 Å². The minimum atomic E-state index is -0.235. The lowest BCUT2D eigenvalue weighted by Crippen LogP contribution is -2.22. The third kappa shape index (κ3) is 5.07. The highest BCUT2D eigenvalue weighted by molar-refractivity contribution is 6.04. The molecule has 118 valence electrons. The van der Waals surface area contributed by atoms with Crippen molar-refractivity contribution in [3.05, 3.63) is 71.6 Å². The van der Waals surface area contributed by atoms with Gasteiger partial charge < -0.3 is 10.6 Å². The molecule has 0 aliphatic carbocycles. The zero-order chi connectivity index (χ0) is 16.7. The summed E-state index contributed by atoms with van der Waals surface area (Å²) in [5.74, 6) is -0.389. The van der Waals surface area contributed by atoms with Crippen LogP contribution in [0.15, 0.2) is 60.4 Å². The average molecular weight is 309 g/mol. The van der Waals surface area contributed by atoms with Crippen LogP contribution in [0.2, 0.25) is 0 Å². The van der Waals surface area contributed by atoms with Crippen LogP contribution in [0.4, 0.5) is 5.69 Å². The van der Waals surface area contributed by atoms with Gasteiger partial charge >= 0.3 is 0 Å². The molecule has 5 heteroatoms. The van der Waals surface area contributed by atoms with E-state index in [1.165, 1.54) is 12.3 Å². The monoisotopic (exact) mass is 309 g/mol. The number of hydrogen-bond donors (Lipinski definition) is 2. The second-order valence-corrected chi connectivity index (χ2v) is 5.29.